The molecule has 3 N–H and O–H groups in total. The van der Waals surface area contributed by atoms with Crippen LogP contribution in [0, 0.1) is 0 Å². The lowest BCUT2D eigenvalue weighted by Crippen LogP contribution is -2.45. The van der Waals surface area contributed by atoms with E-state index in [1.54, 1.807) is 13.8 Å². The molecule has 7 nitrogen and oxygen atoms in total. The van der Waals surface area contributed by atoms with Gasteiger partial charge in [-0.25, -0.2) is 4.79 Å². The summed E-state index contributed by atoms with van der Waals surface area (Å²) < 4.78 is 0. The van der Waals surface area contributed by atoms with E-state index in [1.807, 2.05) is 0 Å². The third-order valence-corrected chi connectivity index (χ3v) is 1.99. The van der Waals surface area contributed by atoms with E-state index >= 15 is 0 Å². The van der Waals surface area contributed by atoms with Gasteiger partial charge < -0.3 is 20.6 Å². The quantitative estimate of drug-likeness (QED) is 0.570. The van der Waals surface area contributed by atoms with Gasteiger partial charge in [0.25, 0.3) is 0 Å². The van der Waals surface area contributed by atoms with Crippen molar-refractivity contribution in [3.8, 4) is 0 Å². The Labute approximate surface area is 100 Å². The van der Waals surface area contributed by atoms with Crippen molar-refractivity contribution in [2.45, 2.75) is 20.3 Å². The van der Waals surface area contributed by atoms with E-state index < -0.39 is 12.0 Å². The van der Waals surface area contributed by atoms with Crippen molar-refractivity contribution in [2.24, 2.45) is 0 Å². The standard InChI is InChI=1S/C10H19N3O4/c1-3-11-8(14)7-13(4-2)10(17)12-6-5-9(15)16/h3-7H2,1-2H3,(H,11,14)(H,12,17)(H,15,16). The number of carboxylic acid groups (broad SMARTS) is 1. The van der Waals surface area contributed by atoms with Crippen molar-refractivity contribution in [3.63, 3.8) is 0 Å². The highest BCUT2D eigenvalue weighted by atomic mass is 16.4. The lowest BCUT2D eigenvalue weighted by atomic mass is 10.4. The van der Waals surface area contributed by atoms with Gasteiger partial charge in [-0.3, -0.25) is 9.59 Å². The molecule has 0 spiro atoms. The summed E-state index contributed by atoms with van der Waals surface area (Å²) in [6, 6.07) is -0.431. The van der Waals surface area contributed by atoms with Gasteiger partial charge in [0.2, 0.25) is 5.91 Å². The van der Waals surface area contributed by atoms with Crippen LogP contribution in [0.2, 0.25) is 0 Å². The van der Waals surface area contributed by atoms with Crippen molar-refractivity contribution < 1.29 is 19.5 Å². The Morgan fingerprint density at radius 1 is 1.18 bits per heavy atom. The Morgan fingerprint density at radius 3 is 2.29 bits per heavy atom. The molecule has 0 aliphatic rings. The minimum absolute atomic E-state index is 0.0246. The van der Waals surface area contributed by atoms with E-state index in [9.17, 15) is 14.4 Å². The number of carbonyl (C=O) groups is 3. The summed E-state index contributed by atoms with van der Waals surface area (Å²) in [7, 11) is 0. The number of amides is 3. The molecule has 17 heavy (non-hydrogen) atoms. The second-order valence-electron chi connectivity index (χ2n) is 3.34. The first-order valence-electron chi connectivity index (χ1n) is 5.52. The van der Waals surface area contributed by atoms with Crippen molar-refractivity contribution in [1.82, 2.24) is 15.5 Å². The van der Waals surface area contributed by atoms with Crippen LogP contribution < -0.4 is 10.6 Å². The Morgan fingerprint density at radius 2 is 1.82 bits per heavy atom. The van der Waals surface area contributed by atoms with Crippen LogP contribution in [0.1, 0.15) is 20.3 Å². The smallest absolute Gasteiger partial charge is 0.317 e. The topological polar surface area (TPSA) is 98.7 Å². The number of nitrogens with one attached hydrogen (secondary N) is 2. The molecule has 0 atom stereocenters. The molecular weight excluding hydrogens is 226 g/mol. The van der Waals surface area contributed by atoms with Gasteiger partial charge in [-0.15, -0.1) is 0 Å². The largest absolute Gasteiger partial charge is 0.481 e. The predicted octanol–water partition coefficient (Wildman–Crippen LogP) is -0.371. The normalized spacial score (nSPS) is 9.53. The molecule has 0 radical (unpaired) electrons. The molecule has 0 aromatic heterocycles. The molecule has 0 unspecified atom stereocenters. The number of nitrogens with zero attached hydrogens (tertiary/aromatic N) is 1. The van der Waals surface area contributed by atoms with E-state index in [2.05, 4.69) is 10.6 Å². The molecule has 0 aromatic carbocycles. The molecule has 3 amide bonds. The summed E-state index contributed by atoms with van der Waals surface area (Å²) in [5, 5.41) is 13.4. The zero-order chi connectivity index (χ0) is 13.3. The third kappa shape index (κ3) is 7.15. The van der Waals surface area contributed by atoms with Crippen LogP contribution in [-0.4, -0.2) is 54.1 Å². The molecule has 0 bridgehead atoms. The highest BCUT2D eigenvalue weighted by Crippen LogP contribution is 1.89. The lowest BCUT2D eigenvalue weighted by Gasteiger charge is -2.20. The molecular formula is C10H19N3O4. The number of likely N-dealkylation sites (N-methyl/N-ethyl adjacent to an activating group) is 2. The van der Waals surface area contributed by atoms with Crippen LogP contribution in [0.3, 0.4) is 0 Å². The summed E-state index contributed by atoms with van der Waals surface area (Å²) in [6.07, 6.45) is -0.134. The second-order valence-corrected chi connectivity index (χ2v) is 3.34. The second kappa shape index (κ2) is 8.37. The van der Waals surface area contributed by atoms with Gasteiger partial charge in [0.05, 0.1) is 6.42 Å². The summed E-state index contributed by atoms with van der Waals surface area (Å²) >= 11 is 0. The fourth-order valence-corrected chi connectivity index (χ4v) is 1.14. The van der Waals surface area contributed by atoms with Crippen molar-refractivity contribution in [3.05, 3.63) is 0 Å². The van der Waals surface area contributed by atoms with Gasteiger partial charge in [0.15, 0.2) is 0 Å². The van der Waals surface area contributed by atoms with Gasteiger partial charge in [-0.1, -0.05) is 0 Å². The Balaban J connectivity index is 4.03. The number of hydrogen-bond acceptors (Lipinski definition) is 3. The average molecular weight is 245 g/mol. The molecule has 7 heteroatoms. The van der Waals surface area contributed by atoms with Gasteiger partial charge >= 0.3 is 12.0 Å². The molecule has 0 heterocycles. The number of hydrogen-bond donors (Lipinski definition) is 3. The average Bonchev–Trinajstić information content (AvgIpc) is 2.25. The fraction of sp³-hybridized carbons (Fsp3) is 0.700. The van der Waals surface area contributed by atoms with E-state index in [4.69, 9.17) is 5.11 Å². The zero-order valence-corrected chi connectivity index (χ0v) is 10.2. The maximum absolute atomic E-state index is 11.5. The van der Waals surface area contributed by atoms with Crippen LogP contribution in [-0.2, 0) is 9.59 Å². The van der Waals surface area contributed by atoms with Crippen molar-refractivity contribution in [1.29, 1.82) is 0 Å². The molecule has 0 rings (SSSR count). The summed E-state index contributed by atoms with van der Waals surface area (Å²) in [5.41, 5.74) is 0. The third-order valence-electron chi connectivity index (χ3n) is 1.99. The molecule has 0 saturated carbocycles. The highest BCUT2D eigenvalue weighted by Gasteiger charge is 2.14. The number of rotatable bonds is 7. The lowest BCUT2D eigenvalue weighted by molar-refractivity contribution is -0.136. The monoisotopic (exact) mass is 245 g/mol. The number of urea groups is 1. The van der Waals surface area contributed by atoms with Gasteiger partial charge in [-0.2, -0.15) is 0 Å². The van der Waals surface area contributed by atoms with Gasteiger partial charge in [0.1, 0.15) is 6.54 Å². The van der Waals surface area contributed by atoms with Crippen LogP contribution in [0.15, 0.2) is 0 Å². The Kier molecular flexibility index (Phi) is 7.49. The van der Waals surface area contributed by atoms with Crippen molar-refractivity contribution >= 4 is 17.9 Å². The van der Waals surface area contributed by atoms with Crippen LogP contribution >= 0.6 is 0 Å². The number of aliphatic carboxylic acids is 1. The highest BCUT2D eigenvalue weighted by molar-refractivity contribution is 5.84. The summed E-state index contributed by atoms with van der Waals surface area (Å²) in [4.78, 5) is 34.4. The molecule has 98 valence electrons. The maximum atomic E-state index is 11.5. The first-order chi connectivity index (χ1) is 8.01. The first-order valence-corrected chi connectivity index (χ1v) is 5.52. The molecule has 0 aliphatic carbocycles. The molecule has 0 saturated heterocycles. The maximum Gasteiger partial charge on any atom is 0.317 e. The predicted molar refractivity (Wildman–Crippen MR) is 61.6 cm³/mol. The molecule has 0 aromatic rings. The van der Waals surface area contributed by atoms with Crippen molar-refractivity contribution in [2.75, 3.05) is 26.2 Å². The van der Waals surface area contributed by atoms with Gasteiger partial charge in [0, 0.05) is 19.6 Å². The van der Waals surface area contributed by atoms with E-state index in [0.717, 1.165) is 0 Å². The van der Waals surface area contributed by atoms with Crippen LogP contribution in [0.5, 0.6) is 0 Å². The van der Waals surface area contributed by atoms with Crippen LogP contribution in [0.4, 0.5) is 4.79 Å². The minimum Gasteiger partial charge on any atom is -0.481 e. The number of carbonyl (C=O) groups excluding carboxylic acids is 2. The fourth-order valence-electron chi connectivity index (χ4n) is 1.14. The van der Waals surface area contributed by atoms with Gasteiger partial charge in [-0.05, 0) is 13.8 Å². The van der Waals surface area contributed by atoms with E-state index in [0.29, 0.717) is 13.1 Å². The molecule has 0 aliphatic heterocycles. The minimum atomic E-state index is -0.975. The Hall–Kier alpha value is -1.79. The zero-order valence-electron chi connectivity index (χ0n) is 10.2. The van der Waals surface area contributed by atoms with Crippen LogP contribution in [0.25, 0.3) is 0 Å². The number of carboxylic acids is 1. The molecule has 0 fully saturated rings. The Bertz CT molecular complexity index is 281. The summed E-state index contributed by atoms with van der Waals surface area (Å²) in [5.74, 6) is -1.21. The first kappa shape index (κ1) is 15.2. The summed E-state index contributed by atoms with van der Waals surface area (Å²) in [6.45, 7) is 4.47. The van der Waals surface area contributed by atoms with E-state index in [-0.39, 0.29) is 25.4 Å². The van der Waals surface area contributed by atoms with E-state index in [1.165, 1.54) is 4.90 Å². The SMILES string of the molecule is CCNC(=O)CN(CC)C(=O)NCCC(=O)O.